The normalized spacial score (nSPS) is 26.4. The molecule has 2 rings (SSSR count). The largest absolute Gasteiger partial charge is 0.437 e. The summed E-state index contributed by atoms with van der Waals surface area (Å²) in [5.74, 6) is 0. The zero-order chi connectivity index (χ0) is 10.1. The maximum Gasteiger partial charge on any atom is 0.410 e. The van der Waals surface area contributed by atoms with Crippen LogP contribution in [0.1, 0.15) is 18.7 Å². The molecule has 1 aromatic rings. The van der Waals surface area contributed by atoms with E-state index < -0.39 is 0 Å². The van der Waals surface area contributed by atoms with Crippen LogP contribution < -0.4 is 0 Å². The minimum atomic E-state index is -0.312. The number of amides is 1. The fourth-order valence-electron chi connectivity index (χ4n) is 1.42. The Morgan fingerprint density at radius 1 is 1.50 bits per heavy atom. The van der Waals surface area contributed by atoms with Crippen molar-refractivity contribution in [3.05, 3.63) is 24.3 Å². The van der Waals surface area contributed by atoms with Crippen molar-refractivity contribution in [3.63, 3.8) is 0 Å². The second kappa shape index (κ2) is 3.25. The molecular formula is C9H11N3O2. The average Bonchev–Trinajstić information content (AvgIpc) is 2.47. The molecule has 2 heterocycles. The van der Waals surface area contributed by atoms with Gasteiger partial charge in [0.2, 0.25) is 0 Å². The summed E-state index contributed by atoms with van der Waals surface area (Å²) in [7, 11) is 1.71. The first kappa shape index (κ1) is 8.93. The smallest absolute Gasteiger partial charge is 0.410 e. The minimum Gasteiger partial charge on any atom is -0.437 e. The van der Waals surface area contributed by atoms with E-state index in [0.29, 0.717) is 5.69 Å². The van der Waals surface area contributed by atoms with E-state index in [4.69, 9.17) is 4.74 Å². The highest BCUT2D eigenvalue weighted by molar-refractivity contribution is 5.70. The Hall–Kier alpha value is -1.65. The maximum absolute atomic E-state index is 11.2. The molecule has 1 aromatic heterocycles. The van der Waals surface area contributed by atoms with Gasteiger partial charge in [-0.05, 0) is 6.92 Å². The highest BCUT2D eigenvalue weighted by atomic mass is 16.6. The highest BCUT2D eigenvalue weighted by Crippen LogP contribution is 2.29. The predicted octanol–water partition coefficient (Wildman–Crippen LogP) is 0.988. The average molecular weight is 193 g/mol. The molecule has 2 atom stereocenters. The molecule has 0 aromatic carbocycles. The molecule has 0 bridgehead atoms. The van der Waals surface area contributed by atoms with Crippen LogP contribution in [0.5, 0.6) is 0 Å². The lowest BCUT2D eigenvalue weighted by Gasteiger charge is -2.15. The van der Waals surface area contributed by atoms with Gasteiger partial charge in [0.15, 0.2) is 6.10 Å². The highest BCUT2D eigenvalue weighted by Gasteiger charge is 2.38. The van der Waals surface area contributed by atoms with Crippen LogP contribution in [0.2, 0.25) is 0 Å². The van der Waals surface area contributed by atoms with Gasteiger partial charge < -0.3 is 9.64 Å². The topological polar surface area (TPSA) is 55.3 Å². The molecule has 0 radical (unpaired) electrons. The number of rotatable bonds is 1. The van der Waals surface area contributed by atoms with Gasteiger partial charge in [0.05, 0.1) is 12.2 Å². The van der Waals surface area contributed by atoms with Crippen molar-refractivity contribution < 1.29 is 9.53 Å². The first-order chi connectivity index (χ1) is 6.70. The molecule has 74 valence electrons. The summed E-state index contributed by atoms with van der Waals surface area (Å²) in [6, 6.07) is -0.000741. The molecule has 1 amide bonds. The lowest BCUT2D eigenvalue weighted by atomic mass is 10.1. The van der Waals surface area contributed by atoms with Crippen LogP contribution in [-0.4, -0.2) is 34.1 Å². The second-order valence-corrected chi connectivity index (χ2v) is 3.29. The molecule has 14 heavy (non-hydrogen) atoms. The number of cyclic esters (lactones) is 1. The van der Waals surface area contributed by atoms with Gasteiger partial charge in [-0.25, -0.2) is 4.79 Å². The first-order valence-corrected chi connectivity index (χ1v) is 4.39. The van der Waals surface area contributed by atoms with E-state index in [1.165, 1.54) is 0 Å². The minimum absolute atomic E-state index is 0.000741. The monoisotopic (exact) mass is 193 g/mol. The summed E-state index contributed by atoms with van der Waals surface area (Å²) < 4.78 is 5.16. The summed E-state index contributed by atoms with van der Waals surface area (Å²) in [5.41, 5.74) is 0.692. The van der Waals surface area contributed by atoms with Crippen LogP contribution in [0.4, 0.5) is 4.79 Å². The lowest BCUT2D eigenvalue weighted by molar-refractivity contribution is 0.129. The van der Waals surface area contributed by atoms with Crippen molar-refractivity contribution in [1.82, 2.24) is 14.9 Å². The van der Waals surface area contributed by atoms with Crippen molar-refractivity contribution in [2.24, 2.45) is 0 Å². The van der Waals surface area contributed by atoms with E-state index in [-0.39, 0.29) is 18.2 Å². The van der Waals surface area contributed by atoms with Crippen molar-refractivity contribution in [2.45, 2.75) is 19.1 Å². The third-order valence-electron chi connectivity index (χ3n) is 2.44. The van der Waals surface area contributed by atoms with E-state index in [2.05, 4.69) is 9.97 Å². The van der Waals surface area contributed by atoms with Crippen LogP contribution in [0.25, 0.3) is 0 Å². The molecule has 1 aliphatic rings. The van der Waals surface area contributed by atoms with Crippen molar-refractivity contribution >= 4 is 6.09 Å². The fraction of sp³-hybridized carbons (Fsp3) is 0.444. The van der Waals surface area contributed by atoms with Crippen LogP contribution in [0, 0.1) is 0 Å². The van der Waals surface area contributed by atoms with Crippen molar-refractivity contribution in [2.75, 3.05) is 7.05 Å². The van der Waals surface area contributed by atoms with Gasteiger partial charge >= 0.3 is 6.09 Å². The second-order valence-electron chi connectivity index (χ2n) is 3.29. The molecule has 0 N–H and O–H groups in total. The quantitative estimate of drug-likeness (QED) is 0.667. The Kier molecular flexibility index (Phi) is 2.07. The van der Waals surface area contributed by atoms with Crippen LogP contribution in [-0.2, 0) is 4.74 Å². The Morgan fingerprint density at radius 2 is 2.29 bits per heavy atom. The summed E-state index contributed by atoms with van der Waals surface area (Å²) in [6.45, 7) is 1.92. The van der Waals surface area contributed by atoms with Gasteiger partial charge in [0.1, 0.15) is 5.69 Å². The Morgan fingerprint density at radius 3 is 2.79 bits per heavy atom. The molecule has 5 heteroatoms. The summed E-state index contributed by atoms with van der Waals surface area (Å²) in [5, 5.41) is 0. The van der Waals surface area contributed by atoms with Gasteiger partial charge in [0.25, 0.3) is 0 Å². The Labute approximate surface area is 81.7 Å². The molecule has 1 fully saturated rings. The van der Waals surface area contributed by atoms with E-state index in [9.17, 15) is 4.79 Å². The molecule has 0 aliphatic carbocycles. The number of carbonyl (C=O) groups is 1. The summed E-state index contributed by atoms with van der Waals surface area (Å²) in [6.07, 6.45) is 4.19. The van der Waals surface area contributed by atoms with Crippen molar-refractivity contribution in [3.8, 4) is 0 Å². The SMILES string of the molecule is C[C@H]1[C@@H](c2cnccn2)OC(=O)N1C. The molecule has 1 saturated heterocycles. The van der Waals surface area contributed by atoms with Crippen LogP contribution in [0.15, 0.2) is 18.6 Å². The first-order valence-electron chi connectivity index (χ1n) is 4.39. The Bertz CT molecular complexity index is 341. The summed E-state index contributed by atoms with van der Waals surface area (Å²) >= 11 is 0. The zero-order valence-electron chi connectivity index (χ0n) is 8.04. The van der Waals surface area contributed by atoms with Gasteiger partial charge in [-0.1, -0.05) is 0 Å². The number of aromatic nitrogens is 2. The third kappa shape index (κ3) is 1.30. The standard InChI is InChI=1S/C9H11N3O2/c1-6-8(14-9(13)12(6)2)7-5-10-3-4-11-7/h3-6,8H,1-2H3/t6-,8-/m0/s1. The number of hydrogen-bond acceptors (Lipinski definition) is 4. The molecule has 1 aliphatic heterocycles. The van der Waals surface area contributed by atoms with E-state index in [1.54, 1.807) is 30.5 Å². The van der Waals surface area contributed by atoms with Gasteiger partial charge in [-0.2, -0.15) is 0 Å². The number of ether oxygens (including phenoxy) is 1. The van der Waals surface area contributed by atoms with Gasteiger partial charge in [-0.3, -0.25) is 9.97 Å². The molecular weight excluding hydrogens is 182 g/mol. The number of likely N-dealkylation sites (N-methyl/N-ethyl adjacent to an activating group) is 1. The number of hydrogen-bond donors (Lipinski definition) is 0. The number of carbonyl (C=O) groups excluding carboxylic acids is 1. The van der Waals surface area contributed by atoms with Crippen LogP contribution >= 0.6 is 0 Å². The van der Waals surface area contributed by atoms with Gasteiger partial charge in [-0.15, -0.1) is 0 Å². The lowest BCUT2D eigenvalue weighted by Crippen LogP contribution is -2.27. The summed E-state index contributed by atoms with van der Waals surface area (Å²) in [4.78, 5) is 20.8. The zero-order valence-corrected chi connectivity index (χ0v) is 8.04. The maximum atomic E-state index is 11.2. The van der Waals surface area contributed by atoms with E-state index in [0.717, 1.165) is 0 Å². The molecule has 0 unspecified atom stereocenters. The third-order valence-corrected chi connectivity index (χ3v) is 2.44. The molecule has 5 nitrogen and oxygen atoms in total. The molecule has 0 spiro atoms. The van der Waals surface area contributed by atoms with Crippen LogP contribution in [0.3, 0.4) is 0 Å². The predicted molar refractivity (Wildman–Crippen MR) is 48.5 cm³/mol. The van der Waals surface area contributed by atoms with Gasteiger partial charge in [0, 0.05) is 19.4 Å². The van der Waals surface area contributed by atoms with Crippen molar-refractivity contribution in [1.29, 1.82) is 0 Å². The Balaban J connectivity index is 2.26. The molecule has 0 saturated carbocycles. The fourth-order valence-corrected chi connectivity index (χ4v) is 1.42. The van der Waals surface area contributed by atoms with E-state index in [1.807, 2.05) is 6.92 Å². The number of nitrogens with zero attached hydrogens (tertiary/aromatic N) is 3. The van der Waals surface area contributed by atoms with E-state index >= 15 is 0 Å².